The maximum atomic E-state index is 12.1. The van der Waals surface area contributed by atoms with Gasteiger partial charge in [-0.2, -0.15) is 0 Å². The van der Waals surface area contributed by atoms with Gasteiger partial charge in [-0.1, -0.05) is 18.2 Å². The molecule has 3 nitrogen and oxygen atoms in total. The SMILES string of the molecule is C[N+](C)(C)CCC(=O)c1c[nH]c2ccccc12. The van der Waals surface area contributed by atoms with Crippen LogP contribution in [-0.2, 0) is 0 Å². The number of rotatable bonds is 4. The minimum atomic E-state index is 0.218. The highest BCUT2D eigenvalue weighted by molar-refractivity contribution is 6.07. The predicted octanol–water partition coefficient (Wildman–Crippen LogP) is 2.45. The monoisotopic (exact) mass is 231 g/mol. The van der Waals surface area contributed by atoms with E-state index in [0.29, 0.717) is 6.42 Å². The number of carbonyl (C=O) groups is 1. The molecule has 17 heavy (non-hydrogen) atoms. The molecule has 0 radical (unpaired) electrons. The Balaban J connectivity index is 2.20. The van der Waals surface area contributed by atoms with Gasteiger partial charge in [0.05, 0.1) is 34.1 Å². The number of nitrogens with one attached hydrogen (secondary N) is 1. The number of carbonyl (C=O) groups excluding carboxylic acids is 1. The van der Waals surface area contributed by atoms with Crippen LogP contribution < -0.4 is 0 Å². The van der Waals surface area contributed by atoms with E-state index in [0.717, 1.165) is 27.5 Å². The zero-order valence-electron chi connectivity index (χ0n) is 10.7. The van der Waals surface area contributed by atoms with Crippen LogP contribution in [0.4, 0.5) is 0 Å². The van der Waals surface area contributed by atoms with Crippen LogP contribution in [0.3, 0.4) is 0 Å². The molecule has 0 amide bonds. The summed E-state index contributed by atoms with van der Waals surface area (Å²) >= 11 is 0. The molecule has 0 fully saturated rings. The molecule has 0 aliphatic heterocycles. The number of quaternary nitrogens is 1. The number of hydrogen-bond donors (Lipinski definition) is 1. The number of benzene rings is 1. The lowest BCUT2D eigenvalue weighted by Gasteiger charge is -2.23. The fourth-order valence-corrected chi connectivity index (χ4v) is 1.87. The van der Waals surface area contributed by atoms with Crippen molar-refractivity contribution in [3.8, 4) is 0 Å². The molecule has 2 rings (SSSR count). The number of aromatic nitrogens is 1. The van der Waals surface area contributed by atoms with Gasteiger partial charge in [-0.3, -0.25) is 4.79 Å². The summed E-state index contributed by atoms with van der Waals surface area (Å²) in [6, 6.07) is 7.92. The Morgan fingerprint density at radius 1 is 1.24 bits per heavy atom. The Bertz CT molecular complexity index is 534. The molecule has 1 aromatic heterocycles. The first kappa shape index (κ1) is 11.9. The minimum absolute atomic E-state index is 0.218. The average Bonchev–Trinajstić information content (AvgIpc) is 2.68. The summed E-state index contributed by atoms with van der Waals surface area (Å²) in [5.41, 5.74) is 1.84. The summed E-state index contributed by atoms with van der Waals surface area (Å²) in [6.07, 6.45) is 2.41. The van der Waals surface area contributed by atoms with Gasteiger partial charge in [-0.05, 0) is 6.07 Å². The van der Waals surface area contributed by atoms with Crippen molar-refractivity contribution in [2.24, 2.45) is 0 Å². The summed E-state index contributed by atoms with van der Waals surface area (Å²) < 4.78 is 0.814. The van der Waals surface area contributed by atoms with E-state index in [-0.39, 0.29) is 5.78 Å². The summed E-state index contributed by atoms with van der Waals surface area (Å²) in [4.78, 5) is 15.3. The molecule has 0 saturated carbocycles. The first-order chi connectivity index (χ1) is 7.97. The molecular formula is C14H19N2O+. The number of nitrogens with zero attached hydrogens (tertiary/aromatic N) is 1. The van der Waals surface area contributed by atoms with Crippen molar-refractivity contribution >= 4 is 16.7 Å². The maximum Gasteiger partial charge on any atom is 0.170 e. The van der Waals surface area contributed by atoms with E-state index < -0.39 is 0 Å². The average molecular weight is 231 g/mol. The molecule has 90 valence electrons. The van der Waals surface area contributed by atoms with Gasteiger partial charge in [0.2, 0.25) is 0 Å². The molecule has 0 aliphatic rings. The quantitative estimate of drug-likeness (QED) is 0.636. The van der Waals surface area contributed by atoms with Crippen molar-refractivity contribution in [3.63, 3.8) is 0 Å². The number of fused-ring (bicyclic) bond motifs is 1. The third-order valence-corrected chi connectivity index (χ3v) is 2.90. The third-order valence-electron chi connectivity index (χ3n) is 2.90. The standard InChI is InChI=1S/C14H18N2O/c1-16(2,3)9-8-14(17)12-10-15-13-7-5-4-6-11(12)13/h4-7,10H,8-9H2,1-3H3/p+1. The van der Waals surface area contributed by atoms with Crippen LogP contribution >= 0.6 is 0 Å². The Morgan fingerprint density at radius 2 is 1.94 bits per heavy atom. The molecule has 1 aromatic carbocycles. The van der Waals surface area contributed by atoms with Gasteiger partial charge in [0.1, 0.15) is 0 Å². The van der Waals surface area contributed by atoms with Crippen molar-refractivity contribution < 1.29 is 9.28 Å². The van der Waals surface area contributed by atoms with Gasteiger partial charge >= 0.3 is 0 Å². The van der Waals surface area contributed by atoms with Gasteiger partial charge < -0.3 is 9.47 Å². The number of Topliss-reactive ketones (excluding diaryl/α,β-unsaturated/α-hetero) is 1. The lowest BCUT2D eigenvalue weighted by atomic mass is 10.1. The minimum Gasteiger partial charge on any atom is -0.360 e. The van der Waals surface area contributed by atoms with Crippen LogP contribution in [0.5, 0.6) is 0 Å². The van der Waals surface area contributed by atoms with Gasteiger partial charge in [0.15, 0.2) is 5.78 Å². The zero-order valence-corrected chi connectivity index (χ0v) is 10.7. The van der Waals surface area contributed by atoms with Crippen molar-refractivity contribution in [2.75, 3.05) is 27.7 Å². The molecule has 0 aliphatic carbocycles. The van der Waals surface area contributed by atoms with E-state index in [1.165, 1.54) is 0 Å². The number of H-pyrrole nitrogens is 1. The van der Waals surface area contributed by atoms with Gasteiger partial charge in [-0.15, -0.1) is 0 Å². The topological polar surface area (TPSA) is 32.9 Å². The van der Waals surface area contributed by atoms with Crippen LogP contribution in [0.2, 0.25) is 0 Å². The van der Waals surface area contributed by atoms with Crippen molar-refractivity contribution in [3.05, 3.63) is 36.0 Å². The molecule has 0 atom stereocenters. The normalized spacial score (nSPS) is 11.9. The first-order valence-electron chi connectivity index (χ1n) is 5.87. The fraction of sp³-hybridized carbons (Fsp3) is 0.357. The van der Waals surface area contributed by atoms with Crippen molar-refractivity contribution in [1.29, 1.82) is 0 Å². The third kappa shape index (κ3) is 2.74. The van der Waals surface area contributed by atoms with Gasteiger partial charge in [-0.25, -0.2) is 0 Å². The van der Waals surface area contributed by atoms with Crippen molar-refractivity contribution in [1.82, 2.24) is 4.98 Å². The van der Waals surface area contributed by atoms with Crippen LogP contribution in [0.25, 0.3) is 10.9 Å². The fourth-order valence-electron chi connectivity index (χ4n) is 1.87. The Morgan fingerprint density at radius 3 is 2.65 bits per heavy atom. The number of para-hydroxylation sites is 1. The van der Waals surface area contributed by atoms with Crippen LogP contribution in [0.15, 0.2) is 30.5 Å². The molecule has 2 aromatic rings. The summed E-state index contributed by atoms with van der Waals surface area (Å²) in [6.45, 7) is 0.859. The summed E-state index contributed by atoms with van der Waals surface area (Å²) in [5, 5.41) is 1.03. The van der Waals surface area contributed by atoms with E-state index in [2.05, 4.69) is 26.1 Å². The molecule has 0 bridgehead atoms. The molecule has 0 unspecified atom stereocenters. The van der Waals surface area contributed by atoms with Gasteiger partial charge in [0, 0.05) is 22.7 Å². The Hall–Kier alpha value is -1.61. The number of hydrogen-bond acceptors (Lipinski definition) is 1. The summed E-state index contributed by atoms with van der Waals surface area (Å²) in [5.74, 6) is 0.218. The van der Waals surface area contributed by atoms with E-state index in [9.17, 15) is 4.79 Å². The molecular weight excluding hydrogens is 212 g/mol. The maximum absolute atomic E-state index is 12.1. The van der Waals surface area contributed by atoms with E-state index in [1.54, 1.807) is 0 Å². The molecule has 1 N–H and O–H groups in total. The molecule has 3 heteroatoms. The lowest BCUT2D eigenvalue weighted by Crippen LogP contribution is -2.36. The number of ketones is 1. The highest BCUT2D eigenvalue weighted by Crippen LogP contribution is 2.19. The van der Waals surface area contributed by atoms with Crippen LogP contribution in [0, 0.1) is 0 Å². The largest absolute Gasteiger partial charge is 0.360 e. The highest BCUT2D eigenvalue weighted by atomic mass is 16.1. The van der Waals surface area contributed by atoms with E-state index in [4.69, 9.17) is 0 Å². The summed E-state index contributed by atoms with van der Waals surface area (Å²) in [7, 11) is 6.30. The number of aromatic amines is 1. The predicted molar refractivity (Wildman–Crippen MR) is 70.1 cm³/mol. The molecule has 0 spiro atoms. The van der Waals surface area contributed by atoms with Gasteiger partial charge in [0.25, 0.3) is 0 Å². The molecule has 0 saturated heterocycles. The van der Waals surface area contributed by atoms with Crippen molar-refractivity contribution in [2.45, 2.75) is 6.42 Å². The second kappa shape index (κ2) is 4.34. The smallest absolute Gasteiger partial charge is 0.170 e. The molecule has 1 heterocycles. The first-order valence-corrected chi connectivity index (χ1v) is 5.87. The van der Waals surface area contributed by atoms with E-state index in [1.807, 2.05) is 30.5 Å². The highest BCUT2D eigenvalue weighted by Gasteiger charge is 2.15. The second-order valence-corrected chi connectivity index (χ2v) is 5.44. The van der Waals surface area contributed by atoms with Crippen LogP contribution in [0.1, 0.15) is 16.8 Å². The van der Waals surface area contributed by atoms with Crippen LogP contribution in [-0.4, -0.2) is 42.9 Å². The Labute approximate surface area is 102 Å². The second-order valence-electron chi connectivity index (χ2n) is 5.44. The lowest BCUT2D eigenvalue weighted by molar-refractivity contribution is -0.869. The van der Waals surface area contributed by atoms with E-state index >= 15 is 0 Å². The Kier molecular flexibility index (Phi) is 3.03. The zero-order chi connectivity index (χ0) is 12.5.